The Labute approximate surface area is 80.8 Å². The monoisotopic (exact) mass is 193 g/mol. The van der Waals surface area contributed by atoms with Gasteiger partial charge in [0.05, 0.1) is 12.5 Å². The molecule has 0 aliphatic heterocycles. The zero-order valence-corrected chi connectivity index (χ0v) is 7.55. The first-order valence-corrected chi connectivity index (χ1v) is 4.23. The first-order valence-electron chi connectivity index (χ1n) is 3.85. The molecule has 0 radical (unpaired) electrons. The largest absolute Gasteiger partial charge is 0.340 e. The summed E-state index contributed by atoms with van der Waals surface area (Å²) in [5, 5.41) is 3.83. The van der Waals surface area contributed by atoms with E-state index in [1.54, 1.807) is 12.5 Å². The van der Waals surface area contributed by atoms with Crippen LogP contribution in [-0.4, -0.2) is 9.97 Å². The molecule has 3 nitrogen and oxygen atoms in total. The lowest BCUT2D eigenvalue weighted by molar-refractivity contribution is 1.31. The summed E-state index contributed by atoms with van der Waals surface area (Å²) in [7, 11) is 0. The molecule has 0 aliphatic carbocycles. The van der Waals surface area contributed by atoms with Crippen molar-refractivity contribution in [2.75, 3.05) is 5.32 Å². The van der Waals surface area contributed by atoms with Crippen molar-refractivity contribution in [3.05, 3.63) is 41.8 Å². The van der Waals surface area contributed by atoms with Crippen molar-refractivity contribution in [3.63, 3.8) is 0 Å². The average molecular weight is 194 g/mol. The molecular weight excluding hydrogens is 186 g/mol. The molecule has 0 unspecified atom stereocenters. The molecule has 1 aromatic heterocycles. The summed E-state index contributed by atoms with van der Waals surface area (Å²) < 4.78 is 0. The molecular formula is C9H8ClN3. The Morgan fingerprint density at radius 3 is 3.00 bits per heavy atom. The van der Waals surface area contributed by atoms with Gasteiger partial charge in [-0.1, -0.05) is 17.7 Å². The second-order valence-electron chi connectivity index (χ2n) is 2.60. The number of nitrogens with zero attached hydrogens (tertiary/aromatic N) is 1. The number of H-pyrrole nitrogens is 1. The molecule has 0 spiro atoms. The maximum atomic E-state index is 5.82. The van der Waals surface area contributed by atoms with Crippen LogP contribution in [0.2, 0.25) is 5.02 Å². The van der Waals surface area contributed by atoms with Gasteiger partial charge >= 0.3 is 0 Å². The topological polar surface area (TPSA) is 40.7 Å². The summed E-state index contributed by atoms with van der Waals surface area (Å²) in [5.74, 6) is 0.849. The van der Waals surface area contributed by atoms with E-state index in [4.69, 9.17) is 11.6 Å². The Kier molecular flexibility index (Phi) is 2.19. The number of hydrogen-bond donors (Lipinski definition) is 2. The quantitative estimate of drug-likeness (QED) is 0.770. The Balaban J connectivity index is 2.19. The van der Waals surface area contributed by atoms with Crippen LogP contribution >= 0.6 is 11.6 Å². The minimum absolute atomic E-state index is 0.713. The van der Waals surface area contributed by atoms with Crippen LogP contribution in [0.15, 0.2) is 36.8 Å². The summed E-state index contributed by atoms with van der Waals surface area (Å²) in [5.41, 5.74) is 0.941. The Morgan fingerprint density at radius 1 is 1.38 bits per heavy atom. The molecule has 0 fully saturated rings. The van der Waals surface area contributed by atoms with Crippen LogP contribution in [-0.2, 0) is 0 Å². The minimum atomic E-state index is 0.713. The molecule has 2 aromatic rings. The van der Waals surface area contributed by atoms with Gasteiger partial charge in [0, 0.05) is 10.7 Å². The lowest BCUT2D eigenvalue weighted by Crippen LogP contribution is -1.88. The summed E-state index contributed by atoms with van der Waals surface area (Å²) in [6, 6.07) is 7.51. The maximum absolute atomic E-state index is 5.82. The molecule has 0 aliphatic rings. The highest BCUT2D eigenvalue weighted by Crippen LogP contribution is 2.17. The van der Waals surface area contributed by atoms with E-state index in [1.165, 1.54) is 0 Å². The summed E-state index contributed by atoms with van der Waals surface area (Å²) in [6.07, 6.45) is 3.33. The van der Waals surface area contributed by atoms with Crippen LogP contribution in [0, 0.1) is 0 Å². The number of nitrogens with one attached hydrogen (secondary N) is 2. The van der Waals surface area contributed by atoms with Crippen molar-refractivity contribution in [1.82, 2.24) is 9.97 Å². The molecule has 1 aromatic carbocycles. The van der Waals surface area contributed by atoms with E-state index in [0.717, 1.165) is 11.5 Å². The van der Waals surface area contributed by atoms with Crippen LogP contribution in [0.4, 0.5) is 11.5 Å². The number of aromatic nitrogens is 2. The Hall–Kier alpha value is -1.48. The standard InChI is InChI=1S/C9H8ClN3/c10-7-2-1-3-8(4-7)13-9-5-11-6-12-9/h1-6,13H,(H,11,12). The lowest BCUT2D eigenvalue weighted by Gasteiger charge is -2.02. The zero-order valence-electron chi connectivity index (χ0n) is 6.79. The fourth-order valence-corrected chi connectivity index (χ4v) is 1.24. The van der Waals surface area contributed by atoms with Gasteiger partial charge in [-0.25, -0.2) is 4.98 Å². The van der Waals surface area contributed by atoms with Gasteiger partial charge in [-0.2, -0.15) is 0 Å². The second kappa shape index (κ2) is 3.49. The van der Waals surface area contributed by atoms with Crippen molar-refractivity contribution in [2.45, 2.75) is 0 Å². The summed E-state index contributed by atoms with van der Waals surface area (Å²) in [4.78, 5) is 6.83. The lowest BCUT2D eigenvalue weighted by atomic mass is 10.3. The van der Waals surface area contributed by atoms with Crippen LogP contribution in [0.5, 0.6) is 0 Å². The highest BCUT2D eigenvalue weighted by atomic mass is 35.5. The van der Waals surface area contributed by atoms with E-state index in [-0.39, 0.29) is 0 Å². The Morgan fingerprint density at radius 2 is 2.31 bits per heavy atom. The molecule has 4 heteroatoms. The number of rotatable bonds is 2. The first-order chi connectivity index (χ1) is 6.34. The van der Waals surface area contributed by atoms with Crippen LogP contribution in [0.25, 0.3) is 0 Å². The smallest absolute Gasteiger partial charge is 0.127 e. The number of halogens is 1. The average Bonchev–Trinajstić information content (AvgIpc) is 2.57. The first kappa shape index (κ1) is 8.13. The minimum Gasteiger partial charge on any atom is -0.340 e. The molecule has 13 heavy (non-hydrogen) atoms. The molecule has 0 amide bonds. The van der Waals surface area contributed by atoms with E-state index in [0.29, 0.717) is 5.02 Å². The predicted octanol–water partition coefficient (Wildman–Crippen LogP) is 2.81. The summed E-state index contributed by atoms with van der Waals surface area (Å²) >= 11 is 5.82. The molecule has 0 saturated carbocycles. The van der Waals surface area contributed by atoms with Crippen LogP contribution in [0.1, 0.15) is 0 Å². The van der Waals surface area contributed by atoms with Gasteiger partial charge in [0.2, 0.25) is 0 Å². The third-order valence-corrected chi connectivity index (χ3v) is 1.84. The van der Waals surface area contributed by atoms with E-state index in [2.05, 4.69) is 15.3 Å². The SMILES string of the molecule is Clc1cccc(Nc2cnc[nH]2)c1. The third kappa shape index (κ3) is 2.00. The van der Waals surface area contributed by atoms with E-state index >= 15 is 0 Å². The Bertz CT molecular complexity index is 384. The van der Waals surface area contributed by atoms with E-state index < -0.39 is 0 Å². The van der Waals surface area contributed by atoms with Gasteiger partial charge in [-0.3, -0.25) is 0 Å². The van der Waals surface area contributed by atoms with Gasteiger partial charge in [0.1, 0.15) is 5.82 Å². The predicted molar refractivity (Wildman–Crippen MR) is 53.3 cm³/mol. The van der Waals surface area contributed by atoms with Gasteiger partial charge in [0.15, 0.2) is 0 Å². The normalized spacial score (nSPS) is 9.92. The molecule has 0 saturated heterocycles. The van der Waals surface area contributed by atoms with Crippen molar-refractivity contribution in [1.29, 1.82) is 0 Å². The number of hydrogen-bond acceptors (Lipinski definition) is 2. The highest BCUT2D eigenvalue weighted by molar-refractivity contribution is 6.30. The number of imidazole rings is 1. The maximum Gasteiger partial charge on any atom is 0.127 e. The van der Waals surface area contributed by atoms with Crippen molar-refractivity contribution >= 4 is 23.1 Å². The van der Waals surface area contributed by atoms with E-state index in [1.807, 2.05) is 24.3 Å². The molecule has 2 N–H and O–H groups in total. The molecule has 0 atom stereocenters. The van der Waals surface area contributed by atoms with Crippen molar-refractivity contribution in [3.8, 4) is 0 Å². The van der Waals surface area contributed by atoms with Gasteiger partial charge in [0.25, 0.3) is 0 Å². The third-order valence-electron chi connectivity index (χ3n) is 1.60. The van der Waals surface area contributed by atoms with Gasteiger partial charge in [-0.05, 0) is 18.2 Å². The van der Waals surface area contributed by atoms with Gasteiger partial charge in [-0.15, -0.1) is 0 Å². The molecule has 0 bridgehead atoms. The second-order valence-corrected chi connectivity index (χ2v) is 3.04. The van der Waals surface area contributed by atoms with E-state index in [9.17, 15) is 0 Å². The summed E-state index contributed by atoms with van der Waals surface area (Å²) in [6.45, 7) is 0. The zero-order chi connectivity index (χ0) is 9.10. The highest BCUT2D eigenvalue weighted by Gasteiger charge is 1.94. The molecule has 1 heterocycles. The van der Waals surface area contributed by atoms with Crippen molar-refractivity contribution in [2.24, 2.45) is 0 Å². The fraction of sp³-hybridized carbons (Fsp3) is 0. The number of benzene rings is 1. The fourth-order valence-electron chi connectivity index (χ4n) is 1.05. The van der Waals surface area contributed by atoms with Crippen LogP contribution in [0.3, 0.4) is 0 Å². The molecule has 66 valence electrons. The number of aromatic amines is 1. The number of anilines is 2. The van der Waals surface area contributed by atoms with Crippen LogP contribution < -0.4 is 5.32 Å². The van der Waals surface area contributed by atoms with Crippen molar-refractivity contribution < 1.29 is 0 Å². The van der Waals surface area contributed by atoms with Gasteiger partial charge < -0.3 is 10.3 Å². The molecule has 2 rings (SSSR count).